The fourth-order valence-corrected chi connectivity index (χ4v) is 7.44. The van der Waals surface area contributed by atoms with E-state index in [0.29, 0.717) is 30.1 Å². The Labute approximate surface area is 189 Å². The van der Waals surface area contributed by atoms with Crippen LogP contribution < -0.4 is 0 Å². The first-order chi connectivity index (χ1) is 14.6. The lowest BCUT2D eigenvalue weighted by Crippen LogP contribution is -2.50. The highest BCUT2D eigenvalue weighted by Gasteiger charge is 2.54. The number of carbonyl (C=O) groups excluding carboxylic acids is 1. The second kappa shape index (κ2) is 8.28. The molecule has 6 atom stereocenters. The Morgan fingerprint density at radius 3 is 2.61 bits per heavy atom. The van der Waals surface area contributed by atoms with E-state index in [0.717, 1.165) is 63.5 Å². The molecule has 3 heteroatoms. The normalized spacial score (nSPS) is 38.9. The molecule has 0 saturated heterocycles. The Morgan fingerprint density at radius 2 is 1.90 bits per heavy atom. The molecular formula is C28H43NO2. The predicted octanol–water partition coefficient (Wildman–Crippen LogP) is 6.66. The van der Waals surface area contributed by atoms with Crippen LogP contribution in [0.5, 0.6) is 0 Å². The van der Waals surface area contributed by atoms with Crippen LogP contribution in [0.25, 0.3) is 0 Å². The van der Waals surface area contributed by atoms with Gasteiger partial charge in [0.15, 0.2) is 0 Å². The lowest BCUT2D eigenvalue weighted by molar-refractivity contribution is -0.121. The molecule has 1 aliphatic heterocycles. The standard InChI is InChI=1S/C28H43NO2/c1-17(2)18(3)7-8-19(4)24-16-25(31)29-26-22-10-9-20-15-21(30)11-13-27(20,5)23(22)12-14-28(24,26)6/h17,19-21,24,30H,3,7-16H2,1-2,4-6H3/t19?,20-,21-,24+,27-,28+/m0/s1. The van der Waals surface area contributed by atoms with Crippen LogP contribution in [0.3, 0.4) is 0 Å². The first-order valence-electron chi connectivity index (χ1n) is 12.8. The van der Waals surface area contributed by atoms with Gasteiger partial charge in [-0.3, -0.25) is 4.79 Å². The number of aliphatic imine (C=N–C) groups is 1. The lowest BCUT2D eigenvalue weighted by Gasteiger charge is -2.55. The smallest absolute Gasteiger partial charge is 0.246 e. The van der Waals surface area contributed by atoms with Crippen molar-refractivity contribution in [1.29, 1.82) is 0 Å². The summed E-state index contributed by atoms with van der Waals surface area (Å²) in [4.78, 5) is 17.6. The Kier molecular flexibility index (Phi) is 6.13. The molecule has 3 nitrogen and oxygen atoms in total. The number of hydrogen-bond acceptors (Lipinski definition) is 2. The number of allylic oxidation sites excluding steroid dienone is 3. The highest BCUT2D eigenvalue weighted by molar-refractivity contribution is 6.12. The third-order valence-corrected chi connectivity index (χ3v) is 9.85. The molecule has 1 amide bonds. The molecule has 0 bridgehead atoms. The number of aliphatic hydroxyl groups is 1. The zero-order chi connectivity index (χ0) is 22.6. The maximum absolute atomic E-state index is 12.8. The van der Waals surface area contributed by atoms with Crippen molar-refractivity contribution in [3.63, 3.8) is 0 Å². The van der Waals surface area contributed by atoms with Crippen LogP contribution in [0.15, 0.2) is 28.3 Å². The minimum Gasteiger partial charge on any atom is -0.393 e. The van der Waals surface area contributed by atoms with Crippen molar-refractivity contribution in [2.75, 3.05) is 0 Å². The van der Waals surface area contributed by atoms with Gasteiger partial charge in [-0.2, -0.15) is 0 Å². The van der Waals surface area contributed by atoms with Crippen molar-refractivity contribution >= 4 is 11.6 Å². The molecule has 0 spiro atoms. The number of hydrogen-bond donors (Lipinski definition) is 1. The molecule has 1 saturated carbocycles. The number of rotatable bonds is 5. The van der Waals surface area contributed by atoms with E-state index in [4.69, 9.17) is 4.99 Å². The average molecular weight is 426 g/mol. The zero-order valence-electron chi connectivity index (χ0n) is 20.5. The molecule has 0 aromatic heterocycles. The molecule has 1 fully saturated rings. The molecule has 31 heavy (non-hydrogen) atoms. The lowest BCUT2D eigenvalue weighted by atomic mass is 9.50. The molecule has 172 valence electrons. The van der Waals surface area contributed by atoms with Crippen molar-refractivity contribution in [3.8, 4) is 0 Å². The number of carbonyl (C=O) groups is 1. The van der Waals surface area contributed by atoms with Crippen LogP contribution in [0.2, 0.25) is 0 Å². The Balaban J connectivity index is 1.63. The van der Waals surface area contributed by atoms with Crippen molar-refractivity contribution in [3.05, 3.63) is 23.3 Å². The van der Waals surface area contributed by atoms with E-state index >= 15 is 0 Å². The molecular weight excluding hydrogens is 382 g/mol. The van der Waals surface area contributed by atoms with Crippen LogP contribution in [0.4, 0.5) is 0 Å². The first-order valence-corrected chi connectivity index (χ1v) is 12.8. The predicted molar refractivity (Wildman–Crippen MR) is 128 cm³/mol. The summed E-state index contributed by atoms with van der Waals surface area (Å²) < 4.78 is 0. The van der Waals surface area contributed by atoms with Crippen LogP contribution in [-0.4, -0.2) is 22.8 Å². The third-order valence-electron chi connectivity index (χ3n) is 9.85. The molecule has 3 aliphatic carbocycles. The quantitative estimate of drug-likeness (QED) is 0.501. The maximum Gasteiger partial charge on any atom is 0.246 e. The van der Waals surface area contributed by atoms with Crippen molar-refractivity contribution < 1.29 is 9.90 Å². The number of fused-ring (bicyclic) bond motifs is 4. The van der Waals surface area contributed by atoms with Gasteiger partial charge in [0.05, 0.1) is 11.8 Å². The van der Waals surface area contributed by atoms with E-state index in [-0.39, 0.29) is 22.8 Å². The Morgan fingerprint density at radius 1 is 1.16 bits per heavy atom. The van der Waals surface area contributed by atoms with Gasteiger partial charge in [-0.25, -0.2) is 4.99 Å². The van der Waals surface area contributed by atoms with Crippen LogP contribution in [0.1, 0.15) is 98.8 Å². The van der Waals surface area contributed by atoms with Gasteiger partial charge < -0.3 is 5.11 Å². The minimum atomic E-state index is -0.131. The van der Waals surface area contributed by atoms with E-state index in [9.17, 15) is 9.90 Å². The largest absolute Gasteiger partial charge is 0.393 e. The Hall–Kier alpha value is -1.22. The van der Waals surface area contributed by atoms with Crippen LogP contribution >= 0.6 is 0 Å². The number of amides is 1. The molecule has 4 rings (SSSR count). The van der Waals surface area contributed by atoms with Gasteiger partial charge in [-0.15, -0.1) is 0 Å². The SMILES string of the molecule is C=C(CCC(C)[C@H]1CC(=O)N=C2C3=C(CC[C@@]21C)[C@@]1(C)CC[C@H](O)C[C@@H]1CC3)C(C)C. The van der Waals surface area contributed by atoms with Crippen molar-refractivity contribution in [2.24, 2.45) is 39.5 Å². The summed E-state index contributed by atoms with van der Waals surface area (Å²) in [6, 6.07) is 0. The molecule has 0 aromatic carbocycles. The summed E-state index contributed by atoms with van der Waals surface area (Å²) in [6.07, 6.45) is 9.99. The Bertz CT molecular complexity index is 821. The molecule has 4 aliphatic rings. The summed E-state index contributed by atoms with van der Waals surface area (Å²) in [5.74, 6) is 2.07. The zero-order valence-corrected chi connectivity index (χ0v) is 20.5. The van der Waals surface area contributed by atoms with E-state index in [1.165, 1.54) is 11.1 Å². The highest BCUT2D eigenvalue weighted by Crippen LogP contribution is 2.60. The molecule has 0 radical (unpaired) electrons. The van der Waals surface area contributed by atoms with Gasteiger partial charge in [-0.05, 0) is 92.4 Å². The van der Waals surface area contributed by atoms with Crippen molar-refractivity contribution in [2.45, 2.75) is 105 Å². The van der Waals surface area contributed by atoms with Crippen LogP contribution in [0, 0.1) is 34.5 Å². The molecule has 1 heterocycles. The topological polar surface area (TPSA) is 49.7 Å². The van der Waals surface area contributed by atoms with E-state index in [1.54, 1.807) is 5.57 Å². The monoisotopic (exact) mass is 425 g/mol. The average Bonchev–Trinajstić information content (AvgIpc) is 2.72. The van der Waals surface area contributed by atoms with Gasteiger partial charge in [-0.1, -0.05) is 52.3 Å². The van der Waals surface area contributed by atoms with Crippen LogP contribution in [-0.2, 0) is 4.79 Å². The van der Waals surface area contributed by atoms with E-state index in [1.807, 2.05) is 0 Å². The van der Waals surface area contributed by atoms with E-state index in [2.05, 4.69) is 41.2 Å². The summed E-state index contributed by atoms with van der Waals surface area (Å²) in [6.45, 7) is 15.9. The molecule has 1 unspecified atom stereocenters. The second-order valence-electron chi connectivity index (χ2n) is 11.9. The number of nitrogens with zero attached hydrogens (tertiary/aromatic N) is 1. The summed E-state index contributed by atoms with van der Waals surface area (Å²) in [5.41, 5.74) is 5.69. The van der Waals surface area contributed by atoms with Gasteiger partial charge in [0, 0.05) is 11.8 Å². The fourth-order valence-electron chi connectivity index (χ4n) is 7.44. The minimum absolute atomic E-state index is 0.0166. The second-order valence-corrected chi connectivity index (χ2v) is 11.9. The first kappa shape index (κ1) is 23.0. The summed E-state index contributed by atoms with van der Waals surface area (Å²) in [7, 11) is 0. The summed E-state index contributed by atoms with van der Waals surface area (Å²) in [5, 5.41) is 10.3. The highest BCUT2D eigenvalue weighted by atomic mass is 16.3. The van der Waals surface area contributed by atoms with Gasteiger partial charge >= 0.3 is 0 Å². The summed E-state index contributed by atoms with van der Waals surface area (Å²) >= 11 is 0. The fraction of sp³-hybridized carbons (Fsp3) is 0.786. The number of aliphatic hydroxyl groups excluding tert-OH is 1. The van der Waals surface area contributed by atoms with Gasteiger partial charge in [0.25, 0.3) is 0 Å². The van der Waals surface area contributed by atoms with E-state index < -0.39 is 0 Å². The third kappa shape index (κ3) is 3.90. The maximum atomic E-state index is 12.8. The molecule has 1 N–H and O–H groups in total. The van der Waals surface area contributed by atoms with Crippen molar-refractivity contribution in [1.82, 2.24) is 0 Å². The molecule has 0 aromatic rings. The van der Waals surface area contributed by atoms with Gasteiger partial charge in [0.2, 0.25) is 5.91 Å². The van der Waals surface area contributed by atoms with Gasteiger partial charge in [0.1, 0.15) is 0 Å².